The van der Waals surface area contributed by atoms with E-state index in [-0.39, 0.29) is 24.4 Å². The Morgan fingerprint density at radius 2 is 1.88 bits per heavy atom. The van der Waals surface area contributed by atoms with Crippen molar-refractivity contribution >= 4 is 11.9 Å². The van der Waals surface area contributed by atoms with E-state index in [2.05, 4.69) is 0 Å². The first-order chi connectivity index (χ1) is 7.93. The summed E-state index contributed by atoms with van der Waals surface area (Å²) < 4.78 is 0. The Morgan fingerprint density at radius 1 is 1.35 bits per heavy atom. The van der Waals surface area contributed by atoms with Crippen molar-refractivity contribution in [2.75, 3.05) is 6.54 Å². The average Bonchev–Trinajstić information content (AvgIpc) is 2.76. The van der Waals surface area contributed by atoms with Gasteiger partial charge in [-0.1, -0.05) is 26.7 Å². The minimum Gasteiger partial charge on any atom is -0.480 e. The SMILES string of the molecule is CC(C)[C@H](N)C(=O)N(CC(=O)O)C1CCCC1. The van der Waals surface area contributed by atoms with Crippen LogP contribution in [-0.2, 0) is 9.59 Å². The maximum Gasteiger partial charge on any atom is 0.323 e. The zero-order valence-corrected chi connectivity index (χ0v) is 10.6. The molecule has 0 aliphatic heterocycles. The van der Waals surface area contributed by atoms with Gasteiger partial charge in [-0.3, -0.25) is 9.59 Å². The number of carbonyl (C=O) groups excluding carboxylic acids is 1. The predicted molar refractivity (Wildman–Crippen MR) is 64.4 cm³/mol. The minimum atomic E-state index is -0.971. The molecule has 1 atom stereocenters. The van der Waals surface area contributed by atoms with Crippen LogP contribution < -0.4 is 5.73 Å². The number of carbonyl (C=O) groups is 2. The fraction of sp³-hybridized carbons (Fsp3) is 0.833. The lowest BCUT2D eigenvalue weighted by atomic mass is 10.0. The molecule has 17 heavy (non-hydrogen) atoms. The second-order valence-corrected chi connectivity index (χ2v) is 5.07. The van der Waals surface area contributed by atoms with Gasteiger partial charge >= 0.3 is 5.97 Å². The lowest BCUT2D eigenvalue weighted by Gasteiger charge is -2.31. The molecule has 5 heteroatoms. The largest absolute Gasteiger partial charge is 0.480 e. The van der Waals surface area contributed by atoms with Crippen molar-refractivity contribution < 1.29 is 14.7 Å². The van der Waals surface area contributed by atoms with E-state index >= 15 is 0 Å². The van der Waals surface area contributed by atoms with E-state index in [1.54, 1.807) is 0 Å². The Morgan fingerprint density at radius 3 is 2.29 bits per heavy atom. The zero-order valence-electron chi connectivity index (χ0n) is 10.6. The van der Waals surface area contributed by atoms with Crippen LogP contribution in [0.25, 0.3) is 0 Å². The van der Waals surface area contributed by atoms with Crippen molar-refractivity contribution in [3.8, 4) is 0 Å². The van der Waals surface area contributed by atoms with E-state index in [1.165, 1.54) is 4.90 Å². The second-order valence-electron chi connectivity index (χ2n) is 5.07. The molecule has 3 N–H and O–H groups in total. The van der Waals surface area contributed by atoms with Crippen LogP contribution in [-0.4, -0.2) is 40.5 Å². The Hall–Kier alpha value is -1.10. The molecule has 0 aromatic heterocycles. The maximum absolute atomic E-state index is 12.1. The van der Waals surface area contributed by atoms with Gasteiger partial charge in [0.15, 0.2) is 0 Å². The third-order valence-electron chi connectivity index (χ3n) is 3.36. The number of rotatable bonds is 5. The summed E-state index contributed by atoms with van der Waals surface area (Å²) in [6.45, 7) is 3.51. The second kappa shape index (κ2) is 6.00. The fourth-order valence-corrected chi connectivity index (χ4v) is 2.23. The summed E-state index contributed by atoms with van der Waals surface area (Å²) in [6.07, 6.45) is 3.91. The summed E-state index contributed by atoms with van der Waals surface area (Å²) in [5.41, 5.74) is 5.82. The van der Waals surface area contributed by atoms with E-state index in [0.717, 1.165) is 25.7 Å². The van der Waals surface area contributed by atoms with Crippen LogP contribution >= 0.6 is 0 Å². The lowest BCUT2D eigenvalue weighted by Crippen LogP contribution is -2.51. The average molecular weight is 242 g/mol. The fourth-order valence-electron chi connectivity index (χ4n) is 2.23. The molecule has 1 aliphatic carbocycles. The van der Waals surface area contributed by atoms with E-state index in [4.69, 9.17) is 10.8 Å². The standard InChI is InChI=1S/C12H22N2O3/c1-8(2)11(13)12(17)14(7-10(15)16)9-5-3-4-6-9/h8-9,11H,3-7,13H2,1-2H3,(H,15,16)/t11-/m0/s1. The molecule has 0 saturated heterocycles. The molecule has 0 aromatic rings. The van der Waals surface area contributed by atoms with E-state index in [9.17, 15) is 9.59 Å². The highest BCUT2D eigenvalue weighted by Crippen LogP contribution is 2.24. The summed E-state index contributed by atoms with van der Waals surface area (Å²) in [5, 5.41) is 8.88. The highest BCUT2D eigenvalue weighted by molar-refractivity contribution is 5.85. The molecule has 0 bridgehead atoms. The number of amides is 1. The molecule has 0 spiro atoms. The quantitative estimate of drug-likeness (QED) is 0.747. The van der Waals surface area contributed by atoms with E-state index < -0.39 is 12.0 Å². The van der Waals surface area contributed by atoms with Crippen molar-refractivity contribution in [3.63, 3.8) is 0 Å². The lowest BCUT2D eigenvalue weighted by molar-refractivity contribution is -0.147. The number of carboxylic acid groups (broad SMARTS) is 1. The minimum absolute atomic E-state index is 0.0280. The van der Waals surface area contributed by atoms with Gasteiger partial charge in [0, 0.05) is 6.04 Å². The van der Waals surface area contributed by atoms with Gasteiger partial charge in [-0.2, -0.15) is 0 Å². The number of nitrogens with zero attached hydrogens (tertiary/aromatic N) is 1. The molecule has 5 nitrogen and oxygen atoms in total. The summed E-state index contributed by atoms with van der Waals surface area (Å²) in [4.78, 5) is 24.4. The predicted octanol–water partition coefficient (Wildman–Crippen LogP) is 0.825. The molecule has 1 aliphatic rings. The highest BCUT2D eigenvalue weighted by Gasteiger charge is 2.32. The third-order valence-corrected chi connectivity index (χ3v) is 3.36. The van der Waals surface area contributed by atoms with Gasteiger partial charge in [0.2, 0.25) is 5.91 Å². The first-order valence-electron chi connectivity index (χ1n) is 6.21. The van der Waals surface area contributed by atoms with Crippen molar-refractivity contribution in [3.05, 3.63) is 0 Å². The normalized spacial score (nSPS) is 18.4. The van der Waals surface area contributed by atoms with Crippen molar-refractivity contribution in [1.82, 2.24) is 4.90 Å². The smallest absolute Gasteiger partial charge is 0.323 e. The molecule has 0 radical (unpaired) electrons. The molecule has 1 rings (SSSR count). The molecule has 98 valence electrons. The Labute approximate surface area is 102 Å². The zero-order chi connectivity index (χ0) is 13.0. The summed E-state index contributed by atoms with van der Waals surface area (Å²) in [5.74, 6) is -1.17. The monoisotopic (exact) mass is 242 g/mol. The van der Waals surface area contributed by atoms with Crippen molar-refractivity contribution in [1.29, 1.82) is 0 Å². The van der Waals surface area contributed by atoms with Gasteiger partial charge in [0.05, 0.1) is 6.04 Å². The van der Waals surface area contributed by atoms with Crippen LogP contribution in [0.3, 0.4) is 0 Å². The Balaban J connectivity index is 2.74. The summed E-state index contributed by atoms with van der Waals surface area (Å²) in [7, 11) is 0. The van der Waals surface area contributed by atoms with Gasteiger partial charge in [0.1, 0.15) is 6.54 Å². The van der Waals surface area contributed by atoms with Gasteiger partial charge in [-0.05, 0) is 18.8 Å². The molecule has 1 amide bonds. The number of hydrogen-bond donors (Lipinski definition) is 2. The first kappa shape index (κ1) is 14.0. The molecule has 0 heterocycles. The maximum atomic E-state index is 12.1. The number of hydrogen-bond acceptors (Lipinski definition) is 3. The van der Waals surface area contributed by atoms with Crippen LogP contribution in [0.1, 0.15) is 39.5 Å². The Kier molecular flexibility index (Phi) is 4.93. The molecule has 0 aromatic carbocycles. The molecule has 0 unspecified atom stereocenters. The van der Waals surface area contributed by atoms with Crippen molar-refractivity contribution in [2.24, 2.45) is 11.7 Å². The van der Waals surface area contributed by atoms with Gasteiger partial charge in [-0.15, -0.1) is 0 Å². The van der Waals surface area contributed by atoms with E-state index in [1.807, 2.05) is 13.8 Å². The molecule has 1 fully saturated rings. The number of nitrogens with two attached hydrogens (primary N) is 1. The molecular formula is C12H22N2O3. The van der Waals surface area contributed by atoms with Gasteiger partial charge < -0.3 is 15.7 Å². The molecule has 1 saturated carbocycles. The van der Waals surface area contributed by atoms with Crippen LogP contribution in [0, 0.1) is 5.92 Å². The van der Waals surface area contributed by atoms with Crippen LogP contribution in [0.4, 0.5) is 0 Å². The van der Waals surface area contributed by atoms with Crippen LogP contribution in [0.15, 0.2) is 0 Å². The first-order valence-corrected chi connectivity index (χ1v) is 6.21. The van der Waals surface area contributed by atoms with Crippen molar-refractivity contribution in [2.45, 2.75) is 51.6 Å². The van der Waals surface area contributed by atoms with Gasteiger partial charge in [0.25, 0.3) is 0 Å². The van der Waals surface area contributed by atoms with E-state index in [0.29, 0.717) is 0 Å². The van der Waals surface area contributed by atoms with Crippen LogP contribution in [0.5, 0.6) is 0 Å². The summed E-state index contributed by atoms with van der Waals surface area (Å²) in [6, 6.07) is -0.543. The number of aliphatic carboxylic acids is 1. The van der Waals surface area contributed by atoms with Crippen LogP contribution in [0.2, 0.25) is 0 Å². The molecular weight excluding hydrogens is 220 g/mol. The highest BCUT2D eigenvalue weighted by atomic mass is 16.4. The third kappa shape index (κ3) is 3.70. The summed E-state index contributed by atoms with van der Waals surface area (Å²) >= 11 is 0. The number of carboxylic acids is 1. The Bertz CT molecular complexity index is 285. The topological polar surface area (TPSA) is 83.6 Å². The van der Waals surface area contributed by atoms with Gasteiger partial charge in [-0.25, -0.2) is 0 Å².